The number of aromatic nitrogens is 6. The second-order valence-electron chi connectivity index (χ2n) is 9.65. The maximum absolute atomic E-state index is 11.7. The molecule has 0 amide bonds. The number of imidazole rings is 1. The van der Waals surface area contributed by atoms with Crippen LogP contribution in [0.2, 0.25) is 0 Å². The Morgan fingerprint density at radius 1 is 1.08 bits per heavy atom. The molecule has 3 aromatic heterocycles. The quantitative estimate of drug-likeness (QED) is 0.150. The van der Waals surface area contributed by atoms with Crippen molar-refractivity contribution in [3.05, 3.63) is 41.1 Å². The number of fused-ring (bicyclic) bond motifs is 1. The van der Waals surface area contributed by atoms with E-state index in [9.17, 15) is 30.3 Å². The number of hydrogen-bond donors (Lipinski definition) is 8. The molecule has 3 aromatic rings. The standard InChI is InChI=1S/C12H16N4O4.C10H15N3O5/c1-6-8-10(14-4-13-6)16(5-15-8)11-12(2,19)9(18)7(3-17)20-11;1-10(17)7(15)5(4-14)18-8(10)13-3-2-6(11)12-9(13)16/h4-5,7,9,11,17-19H,3H2,1-2H3;2-3,5,7-8,14-15,17H,4H2,1H3,(H2,11,12,16)/p+1/t7-,9-,11-,12-;5-,7-,8-,10-/m11/s1. The molecule has 5 rings (SSSR count). The number of nitrogen functional groups attached to an aromatic ring is 1. The fraction of sp³-hybridized carbons (Fsp3) is 0.591. The van der Waals surface area contributed by atoms with Crippen molar-refractivity contribution in [2.24, 2.45) is 0 Å². The summed E-state index contributed by atoms with van der Waals surface area (Å²) >= 11 is 0. The van der Waals surface area contributed by atoms with Crippen molar-refractivity contribution < 1.29 is 44.7 Å². The first-order valence-corrected chi connectivity index (χ1v) is 11.7. The number of nitrogens with two attached hydrogens (primary N) is 1. The molecule has 5 heterocycles. The van der Waals surface area contributed by atoms with Crippen LogP contribution in [0.15, 0.2) is 29.7 Å². The second kappa shape index (κ2) is 10.2. The molecule has 0 aliphatic carbocycles. The summed E-state index contributed by atoms with van der Waals surface area (Å²) < 4.78 is 13.5. The van der Waals surface area contributed by atoms with Crippen LogP contribution in [0.5, 0.6) is 0 Å². The molecule has 0 unspecified atom stereocenters. The smallest absolute Gasteiger partial charge is 0.394 e. The molecular weight excluding hydrogens is 506 g/mol. The average Bonchev–Trinajstić information content (AvgIpc) is 3.46. The molecule has 0 spiro atoms. The molecule has 0 saturated carbocycles. The van der Waals surface area contributed by atoms with Gasteiger partial charge in [-0.3, -0.25) is 4.57 Å². The van der Waals surface area contributed by atoms with Crippen LogP contribution in [0.4, 0.5) is 5.82 Å². The second-order valence-corrected chi connectivity index (χ2v) is 9.65. The highest BCUT2D eigenvalue weighted by molar-refractivity contribution is 5.72. The number of aliphatic hydroxyl groups excluding tert-OH is 4. The van der Waals surface area contributed by atoms with Gasteiger partial charge in [-0.05, 0) is 20.8 Å². The van der Waals surface area contributed by atoms with Crippen LogP contribution in [-0.2, 0) is 9.47 Å². The number of nitrogens with one attached hydrogen (secondary N) is 1. The van der Waals surface area contributed by atoms with Gasteiger partial charge in [-0.1, -0.05) is 0 Å². The summed E-state index contributed by atoms with van der Waals surface area (Å²) in [4.78, 5) is 26.5. The lowest BCUT2D eigenvalue weighted by Gasteiger charge is -2.27. The number of nitrogens with zero attached hydrogens (tertiary/aromatic N) is 5. The number of anilines is 1. The van der Waals surface area contributed by atoms with Gasteiger partial charge in [0.05, 0.1) is 25.2 Å². The molecule has 0 aromatic carbocycles. The molecule has 16 heteroatoms. The van der Waals surface area contributed by atoms with Crippen molar-refractivity contribution in [3.8, 4) is 0 Å². The number of ether oxygens (including phenoxy) is 2. The lowest BCUT2D eigenvalue weighted by molar-refractivity contribution is -0.786. The first kappa shape index (κ1) is 27.9. The highest BCUT2D eigenvalue weighted by atomic mass is 16.6. The Hall–Kier alpha value is -3.09. The van der Waals surface area contributed by atoms with E-state index in [-0.39, 0.29) is 12.4 Å². The van der Waals surface area contributed by atoms with Crippen LogP contribution in [0.3, 0.4) is 0 Å². The Morgan fingerprint density at radius 2 is 1.71 bits per heavy atom. The van der Waals surface area contributed by atoms with E-state index in [4.69, 9.17) is 20.3 Å². The number of aromatic amines is 1. The number of H-pyrrole nitrogens is 1. The summed E-state index contributed by atoms with van der Waals surface area (Å²) in [5.41, 5.74) is 3.41. The van der Waals surface area contributed by atoms with Crippen LogP contribution >= 0.6 is 0 Å². The minimum absolute atomic E-state index is 0.174. The number of aliphatic hydroxyl groups is 6. The zero-order valence-electron chi connectivity index (χ0n) is 20.9. The van der Waals surface area contributed by atoms with E-state index in [0.29, 0.717) is 16.9 Å². The van der Waals surface area contributed by atoms with Gasteiger partial charge in [0.25, 0.3) is 0 Å². The SMILES string of the molecule is C[C@@]1(O)[C@H](O)[C@@H](CO)O[C@H]1[n+]1ccc(N)[nH]c1=O.Cc1ncnc2c1ncn2[C@@H]1O[C@H](CO)[C@@H](O)[C@@]1(C)O. The Balaban J connectivity index is 0.000000178. The molecule has 2 saturated heterocycles. The van der Waals surface area contributed by atoms with Gasteiger partial charge in [-0.25, -0.2) is 15.0 Å². The lowest BCUT2D eigenvalue weighted by atomic mass is 9.96. The van der Waals surface area contributed by atoms with Crippen molar-refractivity contribution in [2.45, 2.75) is 68.8 Å². The van der Waals surface area contributed by atoms with Crippen molar-refractivity contribution in [1.82, 2.24) is 24.5 Å². The maximum atomic E-state index is 11.7. The van der Waals surface area contributed by atoms with Crippen molar-refractivity contribution >= 4 is 17.0 Å². The molecule has 16 nitrogen and oxygen atoms in total. The summed E-state index contributed by atoms with van der Waals surface area (Å²) in [7, 11) is 0. The minimum Gasteiger partial charge on any atom is -0.394 e. The van der Waals surface area contributed by atoms with Crippen LogP contribution < -0.4 is 16.0 Å². The van der Waals surface area contributed by atoms with Gasteiger partial charge in [-0.15, -0.1) is 0 Å². The highest BCUT2D eigenvalue weighted by Crippen LogP contribution is 2.39. The molecular formula is C22H32N7O9+. The van der Waals surface area contributed by atoms with E-state index in [1.54, 1.807) is 11.5 Å². The summed E-state index contributed by atoms with van der Waals surface area (Å²) in [5.74, 6) is 0.174. The number of rotatable bonds is 4. The van der Waals surface area contributed by atoms with E-state index in [2.05, 4.69) is 19.9 Å². The van der Waals surface area contributed by atoms with E-state index in [1.807, 2.05) is 0 Å². The topological polar surface area (TPSA) is 246 Å². The normalized spacial score (nSPS) is 34.9. The maximum Gasteiger partial charge on any atom is 0.499 e. The number of aryl methyl sites for hydroxylation is 1. The predicted molar refractivity (Wildman–Crippen MR) is 127 cm³/mol. The zero-order chi connectivity index (χ0) is 28.0. The molecule has 208 valence electrons. The van der Waals surface area contributed by atoms with Crippen LogP contribution in [-0.4, -0.2) is 104 Å². The summed E-state index contributed by atoms with van der Waals surface area (Å²) in [5, 5.41) is 58.7. The molecule has 9 N–H and O–H groups in total. The van der Waals surface area contributed by atoms with Crippen LogP contribution in [0, 0.1) is 6.92 Å². The van der Waals surface area contributed by atoms with Gasteiger partial charge < -0.3 is 45.8 Å². The monoisotopic (exact) mass is 538 g/mol. The predicted octanol–water partition coefficient (Wildman–Crippen LogP) is -3.62. The highest BCUT2D eigenvalue weighted by Gasteiger charge is 2.56. The summed E-state index contributed by atoms with van der Waals surface area (Å²) in [6.07, 6.45) is -2.04. The number of hydrogen-bond acceptors (Lipinski definition) is 13. The van der Waals surface area contributed by atoms with Crippen molar-refractivity contribution in [3.63, 3.8) is 0 Å². The average molecular weight is 539 g/mol. The van der Waals surface area contributed by atoms with Gasteiger partial charge in [0, 0.05) is 6.07 Å². The Morgan fingerprint density at radius 3 is 2.29 bits per heavy atom. The van der Waals surface area contributed by atoms with E-state index >= 15 is 0 Å². The zero-order valence-corrected chi connectivity index (χ0v) is 20.9. The molecule has 2 fully saturated rings. The largest absolute Gasteiger partial charge is 0.499 e. The Bertz CT molecular complexity index is 1340. The summed E-state index contributed by atoms with van der Waals surface area (Å²) in [6.45, 7) is 3.76. The molecule has 0 radical (unpaired) electrons. The van der Waals surface area contributed by atoms with Crippen molar-refractivity contribution in [1.29, 1.82) is 0 Å². The molecule has 2 aliphatic rings. The summed E-state index contributed by atoms with van der Waals surface area (Å²) in [6, 6.07) is 1.43. The van der Waals surface area contributed by atoms with Gasteiger partial charge in [0.15, 0.2) is 23.3 Å². The first-order valence-electron chi connectivity index (χ1n) is 11.7. The minimum atomic E-state index is -1.69. The fourth-order valence-electron chi connectivity index (χ4n) is 4.56. The third-order valence-electron chi connectivity index (χ3n) is 6.82. The third kappa shape index (κ3) is 4.65. The van der Waals surface area contributed by atoms with Gasteiger partial charge in [-0.2, -0.15) is 14.3 Å². The molecule has 8 atom stereocenters. The van der Waals surface area contributed by atoms with Gasteiger partial charge >= 0.3 is 5.69 Å². The fourth-order valence-corrected chi connectivity index (χ4v) is 4.56. The lowest BCUT2D eigenvalue weighted by Crippen LogP contribution is -2.61. The Labute approximate surface area is 215 Å². The molecule has 38 heavy (non-hydrogen) atoms. The molecule has 0 bridgehead atoms. The van der Waals surface area contributed by atoms with E-state index in [0.717, 1.165) is 4.57 Å². The third-order valence-corrected chi connectivity index (χ3v) is 6.82. The van der Waals surface area contributed by atoms with Gasteiger partial charge in [0.1, 0.15) is 48.1 Å². The van der Waals surface area contributed by atoms with Crippen LogP contribution in [0.1, 0.15) is 32.0 Å². The first-order chi connectivity index (χ1) is 17.8. The Kier molecular flexibility index (Phi) is 7.52. The van der Waals surface area contributed by atoms with Crippen LogP contribution in [0.25, 0.3) is 11.2 Å². The van der Waals surface area contributed by atoms with Gasteiger partial charge in [0.2, 0.25) is 6.23 Å². The van der Waals surface area contributed by atoms with E-state index < -0.39 is 60.4 Å². The molecule has 2 aliphatic heterocycles. The van der Waals surface area contributed by atoms with Crippen molar-refractivity contribution in [2.75, 3.05) is 18.9 Å². The van der Waals surface area contributed by atoms with E-state index in [1.165, 1.54) is 38.8 Å².